The Morgan fingerprint density at radius 1 is 0.741 bits per heavy atom. The molecule has 1 saturated heterocycles. The van der Waals surface area contributed by atoms with Crippen molar-refractivity contribution in [1.82, 2.24) is 8.61 Å². The van der Waals surface area contributed by atoms with E-state index in [4.69, 9.17) is 23.2 Å². The van der Waals surface area contributed by atoms with Crippen molar-refractivity contribution in [2.24, 2.45) is 0 Å². The molecule has 146 valence electrons. The quantitative estimate of drug-likeness (QED) is 0.720. The summed E-state index contributed by atoms with van der Waals surface area (Å²) >= 11 is 11.8. The fourth-order valence-corrected chi connectivity index (χ4v) is 6.03. The largest absolute Gasteiger partial charge is 0.243 e. The third-order valence-electron chi connectivity index (χ3n) is 4.43. The summed E-state index contributed by atoms with van der Waals surface area (Å²) in [7, 11) is -7.42. The van der Waals surface area contributed by atoms with Crippen LogP contribution in [-0.2, 0) is 20.0 Å². The number of rotatable bonds is 4. The molecular formula is C17H18Cl2N2O4S2. The van der Waals surface area contributed by atoms with Crippen LogP contribution in [0.25, 0.3) is 0 Å². The maximum Gasteiger partial charge on any atom is 0.243 e. The molecule has 0 aromatic heterocycles. The molecule has 2 aromatic carbocycles. The van der Waals surface area contributed by atoms with Gasteiger partial charge in [-0.1, -0.05) is 29.3 Å². The molecule has 0 spiro atoms. The van der Waals surface area contributed by atoms with Crippen LogP contribution in [0.15, 0.2) is 52.3 Å². The third-order valence-corrected chi connectivity index (χ3v) is 8.90. The Kier molecular flexibility index (Phi) is 5.86. The molecule has 0 N–H and O–H groups in total. The lowest BCUT2D eigenvalue weighted by Gasteiger charge is -2.33. The van der Waals surface area contributed by atoms with Crippen molar-refractivity contribution in [3.63, 3.8) is 0 Å². The average Bonchev–Trinajstić information content (AvgIpc) is 2.64. The molecule has 0 unspecified atom stereocenters. The van der Waals surface area contributed by atoms with Crippen LogP contribution in [0.3, 0.4) is 0 Å². The molecule has 0 radical (unpaired) electrons. The lowest BCUT2D eigenvalue weighted by Crippen LogP contribution is -2.50. The molecule has 6 nitrogen and oxygen atoms in total. The predicted molar refractivity (Wildman–Crippen MR) is 105 cm³/mol. The van der Waals surface area contributed by atoms with E-state index in [9.17, 15) is 16.8 Å². The number of halogens is 2. The molecule has 0 bridgehead atoms. The number of aryl methyl sites for hydroxylation is 1. The molecule has 1 fully saturated rings. The van der Waals surface area contributed by atoms with Gasteiger partial charge < -0.3 is 0 Å². The van der Waals surface area contributed by atoms with Crippen molar-refractivity contribution < 1.29 is 16.8 Å². The number of nitrogens with zero attached hydrogens (tertiary/aromatic N) is 2. The second-order valence-electron chi connectivity index (χ2n) is 6.17. The molecule has 10 heteroatoms. The summed E-state index contributed by atoms with van der Waals surface area (Å²) < 4.78 is 53.6. The van der Waals surface area contributed by atoms with E-state index in [2.05, 4.69) is 0 Å². The normalized spacial score (nSPS) is 17.1. The lowest BCUT2D eigenvalue weighted by molar-refractivity contribution is 0.273. The maximum absolute atomic E-state index is 12.8. The van der Waals surface area contributed by atoms with E-state index in [0.717, 1.165) is 5.56 Å². The van der Waals surface area contributed by atoms with Crippen molar-refractivity contribution in [1.29, 1.82) is 0 Å². The lowest BCUT2D eigenvalue weighted by atomic mass is 10.2. The van der Waals surface area contributed by atoms with Gasteiger partial charge in [-0.05, 0) is 48.9 Å². The first-order valence-electron chi connectivity index (χ1n) is 8.14. The van der Waals surface area contributed by atoms with Gasteiger partial charge in [0.05, 0.1) is 9.79 Å². The van der Waals surface area contributed by atoms with Gasteiger partial charge >= 0.3 is 0 Å². The van der Waals surface area contributed by atoms with Crippen LogP contribution in [0.1, 0.15) is 5.56 Å². The molecule has 0 aliphatic carbocycles. The number of sulfonamides is 2. The van der Waals surface area contributed by atoms with E-state index in [1.165, 1.54) is 45.0 Å². The zero-order chi connectivity index (χ0) is 19.8. The smallest absolute Gasteiger partial charge is 0.207 e. The summed E-state index contributed by atoms with van der Waals surface area (Å²) in [5.74, 6) is 0. The van der Waals surface area contributed by atoms with Gasteiger partial charge in [0.2, 0.25) is 20.0 Å². The number of hydrogen-bond acceptors (Lipinski definition) is 4. The van der Waals surface area contributed by atoms with E-state index >= 15 is 0 Å². The van der Waals surface area contributed by atoms with Crippen LogP contribution < -0.4 is 0 Å². The summed E-state index contributed by atoms with van der Waals surface area (Å²) in [6.07, 6.45) is 0. The van der Waals surface area contributed by atoms with Crippen LogP contribution in [0.2, 0.25) is 10.0 Å². The topological polar surface area (TPSA) is 74.8 Å². The minimum atomic E-state index is -3.73. The van der Waals surface area contributed by atoms with Gasteiger partial charge in [0, 0.05) is 36.2 Å². The Morgan fingerprint density at radius 3 is 1.67 bits per heavy atom. The Balaban J connectivity index is 1.76. The molecule has 0 saturated carbocycles. The van der Waals surface area contributed by atoms with E-state index in [-0.39, 0.29) is 36.0 Å². The monoisotopic (exact) mass is 448 g/mol. The van der Waals surface area contributed by atoms with Gasteiger partial charge in [-0.3, -0.25) is 0 Å². The molecule has 1 heterocycles. The predicted octanol–water partition coefficient (Wildman–Crippen LogP) is 3.00. The summed E-state index contributed by atoms with van der Waals surface area (Å²) in [5.41, 5.74) is 0.787. The summed E-state index contributed by atoms with van der Waals surface area (Å²) in [4.78, 5) is 0.237. The van der Waals surface area contributed by atoms with Crippen molar-refractivity contribution in [3.8, 4) is 0 Å². The first-order valence-corrected chi connectivity index (χ1v) is 11.8. The Labute approximate surface area is 169 Å². The van der Waals surface area contributed by atoms with Gasteiger partial charge in [0.15, 0.2) is 0 Å². The highest BCUT2D eigenvalue weighted by Gasteiger charge is 2.33. The molecule has 3 rings (SSSR count). The highest BCUT2D eigenvalue weighted by molar-refractivity contribution is 7.89. The highest BCUT2D eigenvalue weighted by Crippen LogP contribution is 2.25. The Morgan fingerprint density at radius 2 is 1.19 bits per heavy atom. The average molecular weight is 449 g/mol. The SMILES string of the molecule is Cc1ccc(S(=O)(=O)N2CCN(S(=O)(=O)c3ccc(Cl)cc3)CC2)cc1Cl. The van der Waals surface area contributed by atoms with E-state index in [1.807, 2.05) is 0 Å². The van der Waals surface area contributed by atoms with Crippen molar-refractivity contribution in [2.45, 2.75) is 16.7 Å². The van der Waals surface area contributed by atoms with Gasteiger partial charge in [-0.25, -0.2) is 16.8 Å². The summed E-state index contributed by atoms with van der Waals surface area (Å²) in [5, 5.41) is 0.821. The highest BCUT2D eigenvalue weighted by atomic mass is 35.5. The van der Waals surface area contributed by atoms with Crippen molar-refractivity contribution in [2.75, 3.05) is 26.2 Å². The first kappa shape index (κ1) is 20.6. The fourth-order valence-electron chi connectivity index (χ4n) is 2.79. The van der Waals surface area contributed by atoms with Crippen LogP contribution in [-0.4, -0.2) is 51.6 Å². The van der Waals surface area contributed by atoms with E-state index < -0.39 is 20.0 Å². The molecule has 0 amide bonds. The number of benzene rings is 2. The molecule has 2 aromatic rings. The van der Waals surface area contributed by atoms with Gasteiger partial charge in [0.25, 0.3) is 0 Å². The summed E-state index contributed by atoms with van der Waals surface area (Å²) in [6.45, 7) is 2.08. The van der Waals surface area contributed by atoms with Crippen LogP contribution in [0.4, 0.5) is 0 Å². The van der Waals surface area contributed by atoms with Gasteiger partial charge in [0.1, 0.15) is 0 Å². The second-order valence-corrected chi connectivity index (χ2v) is 10.9. The van der Waals surface area contributed by atoms with Crippen molar-refractivity contribution >= 4 is 43.2 Å². The zero-order valence-corrected chi connectivity index (χ0v) is 17.6. The van der Waals surface area contributed by atoms with Crippen LogP contribution >= 0.6 is 23.2 Å². The van der Waals surface area contributed by atoms with Crippen LogP contribution in [0.5, 0.6) is 0 Å². The molecule has 1 aliphatic rings. The fraction of sp³-hybridized carbons (Fsp3) is 0.294. The second kappa shape index (κ2) is 7.69. The van der Waals surface area contributed by atoms with Gasteiger partial charge in [-0.15, -0.1) is 0 Å². The van der Waals surface area contributed by atoms with Crippen molar-refractivity contribution in [3.05, 3.63) is 58.1 Å². The van der Waals surface area contributed by atoms with E-state index in [1.54, 1.807) is 13.0 Å². The maximum atomic E-state index is 12.8. The number of piperazine rings is 1. The minimum absolute atomic E-state index is 0.0701. The Hall–Kier alpha value is -1.16. The summed E-state index contributed by atoms with van der Waals surface area (Å²) in [6, 6.07) is 10.5. The standard InChI is InChI=1S/C17H18Cl2N2O4S2/c1-13-2-5-16(12-17(13)19)27(24,25)21-10-8-20(9-11-21)26(22,23)15-6-3-14(18)4-7-15/h2-7,12H,8-11H2,1H3. The third kappa shape index (κ3) is 4.16. The Bertz CT molecular complexity index is 1050. The minimum Gasteiger partial charge on any atom is -0.207 e. The van der Waals surface area contributed by atoms with Gasteiger partial charge in [-0.2, -0.15) is 8.61 Å². The molecular weight excluding hydrogens is 431 g/mol. The van der Waals surface area contributed by atoms with Crippen LogP contribution in [0, 0.1) is 6.92 Å². The zero-order valence-electron chi connectivity index (χ0n) is 14.5. The molecule has 27 heavy (non-hydrogen) atoms. The molecule has 0 atom stereocenters. The van der Waals surface area contributed by atoms with E-state index in [0.29, 0.717) is 10.0 Å². The number of hydrogen-bond donors (Lipinski definition) is 0. The first-order chi connectivity index (χ1) is 12.6. The molecule has 1 aliphatic heterocycles.